The summed E-state index contributed by atoms with van der Waals surface area (Å²) >= 11 is 0. The average molecular weight is 366 g/mol. The van der Waals surface area contributed by atoms with Crippen LogP contribution in [0.5, 0.6) is 0 Å². The Bertz CT molecular complexity index is 948. The first kappa shape index (κ1) is 18.4. The van der Waals surface area contributed by atoms with E-state index >= 15 is 0 Å². The fraction of sp³-hybridized carbons (Fsp3) is 0.250. The minimum atomic E-state index is -0.967. The number of nitrogens with zero attached hydrogens (tertiary/aromatic N) is 2. The normalized spacial score (nSPS) is 10.7. The van der Waals surface area contributed by atoms with Crippen LogP contribution in [0, 0.1) is 0 Å². The highest BCUT2D eigenvalue weighted by Gasteiger charge is 2.09. The van der Waals surface area contributed by atoms with E-state index in [1.54, 1.807) is 12.1 Å². The van der Waals surface area contributed by atoms with Gasteiger partial charge in [-0.2, -0.15) is 0 Å². The van der Waals surface area contributed by atoms with Crippen LogP contribution in [0.4, 0.5) is 4.79 Å². The minimum Gasteiger partial charge on any atom is -0.478 e. The van der Waals surface area contributed by atoms with Crippen molar-refractivity contribution < 1.29 is 14.7 Å². The van der Waals surface area contributed by atoms with Gasteiger partial charge in [-0.15, -0.1) is 0 Å². The molecule has 0 radical (unpaired) electrons. The largest absolute Gasteiger partial charge is 0.478 e. The molecule has 7 nitrogen and oxygen atoms in total. The van der Waals surface area contributed by atoms with Crippen molar-refractivity contribution in [2.24, 2.45) is 0 Å². The third-order valence-corrected chi connectivity index (χ3v) is 4.34. The molecule has 0 bridgehead atoms. The van der Waals surface area contributed by atoms with E-state index < -0.39 is 5.97 Å². The van der Waals surface area contributed by atoms with Crippen LogP contribution < -0.4 is 10.6 Å². The summed E-state index contributed by atoms with van der Waals surface area (Å²) in [5, 5.41) is 14.5. The number of para-hydroxylation sites is 2. The van der Waals surface area contributed by atoms with Crippen molar-refractivity contribution in [3.8, 4) is 0 Å². The molecular weight excluding hydrogens is 344 g/mol. The Kier molecular flexibility index (Phi) is 5.71. The summed E-state index contributed by atoms with van der Waals surface area (Å²) in [5.41, 5.74) is 3.12. The Labute approximate surface area is 157 Å². The van der Waals surface area contributed by atoms with Gasteiger partial charge in [-0.05, 0) is 36.8 Å². The first-order valence-electron chi connectivity index (χ1n) is 8.86. The van der Waals surface area contributed by atoms with Crippen LogP contribution in [-0.4, -0.2) is 33.2 Å². The summed E-state index contributed by atoms with van der Waals surface area (Å²) in [6.45, 7) is 3.72. The number of benzene rings is 2. The third kappa shape index (κ3) is 4.44. The molecule has 2 amide bonds. The number of imidazole rings is 1. The lowest BCUT2D eigenvalue weighted by Gasteiger charge is -2.09. The van der Waals surface area contributed by atoms with Crippen LogP contribution in [0.25, 0.3) is 11.0 Å². The van der Waals surface area contributed by atoms with E-state index in [4.69, 9.17) is 5.11 Å². The van der Waals surface area contributed by atoms with Gasteiger partial charge in [0, 0.05) is 26.1 Å². The number of hydrogen-bond donors (Lipinski definition) is 3. The van der Waals surface area contributed by atoms with Gasteiger partial charge < -0.3 is 20.3 Å². The van der Waals surface area contributed by atoms with E-state index in [1.165, 1.54) is 12.1 Å². The number of carboxylic acids is 1. The fourth-order valence-corrected chi connectivity index (χ4v) is 2.97. The minimum absolute atomic E-state index is 0.224. The molecule has 7 heteroatoms. The number of rotatable bonds is 7. The van der Waals surface area contributed by atoms with Crippen LogP contribution in [0.3, 0.4) is 0 Å². The maximum atomic E-state index is 12.0. The Balaban J connectivity index is 1.49. The number of aryl methyl sites for hydroxylation is 1. The number of amides is 2. The predicted octanol–water partition coefficient (Wildman–Crippen LogP) is 2.80. The molecule has 27 heavy (non-hydrogen) atoms. The SMILES string of the molecule is CCn1c(CCNC(=O)NCc2ccc(C(=O)O)cc2)nc2ccccc21. The maximum Gasteiger partial charge on any atom is 0.335 e. The van der Waals surface area contributed by atoms with E-state index in [2.05, 4.69) is 27.1 Å². The summed E-state index contributed by atoms with van der Waals surface area (Å²) in [7, 11) is 0. The molecule has 3 rings (SSSR count). The number of fused-ring (bicyclic) bond motifs is 1. The van der Waals surface area contributed by atoms with Crippen LogP contribution >= 0.6 is 0 Å². The van der Waals surface area contributed by atoms with Crippen LogP contribution in [0.2, 0.25) is 0 Å². The van der Waals surface area contributed by atoms with Crippen LogP contribution in [0.1, 0.15) is 28.7 Å². The second-order valence-corrected chi connectivity index (χ2v) is 6.12. The quantitative estimate of drug-likeness (QED) is 0.599. The molecule has 1 aromatic heterocycles. The molecule has 140 valence electrons. The number of aromatic carboxylic acids is 1. The summed E-state index contributed by atoms with van der Waals surface area (Å²) in [4.78, 5) is 27.4. The van der Waals surface area contributed by atoms with Gasteiger partial charge in [0.1, 0.15) is 5.82 Å². The Morgan fingerprint density at radius 2 is 1.81 bits per heavy atom. The number of carbonyl (C=O) groups excluding carboxylic acids is 1. The van der Waals surface area contributed by atoms with E-state index in [9.17, 15) is 9.59 Å². The van der Waals surface area contributed by atoms with Crippen LogP contribution in [0.15, 0.2) is 48.5 Å². The summed E-state index contributed by atoms with van der Waals surface area (Å²) in [6, 6.07) is 14.1. The second kappa shape index (κ2) is 8.35. The molecule has 1 heterocycles. The first-order chi connectivity index (χ1) is 13.1. The zero-order chi connectivity index (χ0) is 19.2. The highest BCUT2D eigenvalue weighted by atomic mass is 16.4. The molecule has 0 saturated heterocycles. The molecule has 0 unspecified atom stereocenters. The summed E-state index contributed by atoms with van der Waals surface area (Å²) < 4.78 is 2.15. The summed E-state index contributed by atoms with van der Waals surface area (Å²) in [5.74, 6) is -0.0198. The molecule has 3 N–H and O–H groups in total. The zero-order valence-electron chi connectivity index (χ0n) is 15.1. The number of hydrogen-bond acceptors (Lipinski definition) is 3. The molecular formula is C20H22N4O3. The van der Waals surface area contributed by atoms with Gasteiger partial charge in [0.15, 0.2) is 0 Å². The Morgan fingerprint density at radius 3 is 2.52 bits per heavy atom. The molecule has 0 saturated carbocycles. The van der Waals surface area contributed by atoms with E-state index in [1.807, 2.05) is 24.3 Å². The number of aromatic nitrogens is 2. The van der Waals surface area contributed by atoms with Crippen molar-refractivity contribution in [3.05, 3.63) is 65.5 Å². The number of nitrogens with one attached hydrogen (secondary N) is 2. The van der Waals surface area contributed by atoms with Crippen molar-refractivity contribution in [2.75, 3.05) is 6.54 Å². The summed E-state index contributed by atoms with van der Waals surface area (Å²) in [6.07, 6.45) is 0.642. The van der Waals surface area contributed by atoms with Crippen LogP contribution in [-0.2, 0) is 19.5 Å². The molecule has 0 spiro atoms. The lowest BCUT2D eigenvalue weighted by atomic mass is 10.1. The molecule has 0 aliphatic rings. The first-order valence-corrected chi connectivity index (χ1v) is 8.86. The fourth-order valence-electron chi connectivity index (χ4n) is 2.97. The van der Waals surface area contributed by atoms with E-state index in [0.717, 1.165) is 29.0 Å². The van der Waals surface area contributed by atoms with Gasteiger partial charge in [-0.1, -0.05) is 24.3 Å². The lowest BCUT2D eigenvalue weighted by molar-refractivity contribution is 0.0697. The standard InChI is InChI=1S/C20H22N4O3/c1-2-24-17-6-4-3-5-16(17)23-18(24)11-12-21-20(27)22-13-14-7-9-15(10-8-14)19(25)26/h3-10H,2,11-13H2,1H3,(H,25,26)(H2,21,22,27). The molecule has 3 aromatic rings. The molecule has 0 fully saturated rings. The zero-order valence-corrected chi connectivity index (χ0v) is 15.1. The Hall–Kier alpha value is -3.35. The third-order valence-electron chi connectivity index (χ3n) is 4.34. The molecule has 2 aromatic carbocycles. The van der Waals surface area contributed by atoms with Gasteiger partial charge in [0.05, 0.1) is 16.6 Å². The van der Waals surface area contributed by atoms with E-state index in [-0.39, 0.29) is 11.6 Å². The van der Waals surface area contributed by atoms with Crippen molar-refractivity contribution >= 4 is 23.0 Å². The molecule has 0 atom stereocenters. The smallest absolute Gasteiger partial charge is 0.335 e. The van der Waals surface area contributed by atoms with Crippen molar-refractivity contribution in [3.63, 3.8) is 0 Å². The van der Waals surface area contributed by atoms with Crippen molar-refractivity contribution in [1.29, 1.82) is 0 Å². The number of carbonyl (C=O) groups is 2. The highest BCUT2D eigenvalue weighted by Crippen LogP contribution is 2.16. The Morgan fingerprint density at radius 1 is 1.07 bits per heavy atom. The average Bonchev–Trinajstić information content (AvgIpc) is 3.04. The predicted molar refractivity (Wildman–Crippen MR) is 103 cm³/mol. The number of carboxylic acid groups (broad SMARTS) is 1. The van der Waals surface area contributed by atoms with Crippen molar-refractivity contribution in [1.82, 2.24) is 20.2 Å². The van der Waals surface area contributed by atoms with Crippen molar-refractivity contribution in [2.45, 2.75) is 26.4 Å². The van der Waals surface area contributed by atoms with Gasteiger partial charge in [0.25, 0.3) is 0 Å². The second-order valence-electron chi connectivity index (χ2n) is 6.12. The molecule has 0 aliphatic carbocycles. The monoisotopic (exact) mass is 366 g/mol. The van der Waals surface area contributed by atoms with E-state index in [0.29, 0.717) is 19.5 Å². The van der Waals surface area contributed by atoms with Gasteiger partial charge in [-0.3, -0.25) is 0 Å². The lowest BCUT2D eigenvalue weighted by Crippen LogP contribution is -2.36. The van der Waals surface area contributed by atoms with Gasteiger partial charge >= 0.3 is 12.0 Å². The topological polar surface area (TPSA) is 96.2 Å². The highest BCUT2D eigenvalue weighted by molar-refractivity contribution is 5.87. The van der Waals surface area contributed by atoms with Gasteiger partial charge in [0.2, 0.25) is 0 Å². The maximum absolute atomic E-state index is 12.0. The molecule has 0 aliphatic heterocycles. The number of urea groups is 1. The van der Waals surface area contributed by atoms with Gasteiger partial charge in [-0.25, -0.2) is 14.6 Å².